The molecule has 1 aromatic carbocycles. The Labute approximate surface area is 163 Å². The number of carbonyl (C=O) groups excluding carboxylic acids is 2. The van der Waals surface area contributed by atoms with Gasteiger partial charge in [-0.3, -0.25) is 9.59 Å². The Hall–Kier alpha value is -2.54. The Kier molecular flexibility index (Phi) is 6.01. The molecular formula is C20H24N2O4S. The van der Waals surface area contributed by atoms with Gasteiger partial charge in [0.15, 0.2) is 18.1 Å². The van der Waals surface area contributed by atoms with Crippen molar-refractivity contribution >= 4 is 23.2 Å². The standard InChI is InChI=1S/C20H24N2O4S/c1-14-4-6-16(17(12-14)25-3)26-13-19(23)21-8-10-22(11-9-21)20(24)18-7-5-15(2)27-18/h4-7,12H,8-11,13H2,1-3H3. The molecule has 2 heterocycles. The smallest absolute Gasteiger partial charge is 0.264 e. The van der Waals surface area contributed by atoms with E-state index in [1.54, 1.807) is 23.0 Å². The van der Waals surface area contributed by atoms with E-state index in [1.807, 2.05) is 38.1 Å². The van der Waals surface area contributed by atoms with Crippen LogP contribution in [0.15, 0.2) is 30.3 Å². The molecule has 0 N–H and O–H groups in total. The first-order chi connectivity index (χ1) is 13.0. The summed E-state index contributed by atoms with van der Waals surface area (Å²) in [5.74, 6) is 1.13. The van der Waals surface area contributed by atoms with Gasteiger partial charge in [0.2, 0.25) is 0 Å². The summed E-state index contributed by atoms with van der Waals surface area (Å²) in [6.07, 6.45) is 0. The maximum Gasteiger partial charge on any atom is 0.264 e. The highest BCUT2D eigenvalue weighted by Crippen LogP contribution is 2.27. The largest absolute Gasteiger partial charge is 0.493 e. The molecule has 0 atom stereocenters. The van der Waals surface area contributed by atoms with Crippen molar-refractivity contribution in [2.45, 2.75) is 13.8 Å². The zero-order valence-corrected chi connectivity index (χ0v) is 16.7. The molecule has 0 radical (unpaired) electrons. The number of rotatable bonds is 5. The molecule has 6 nitrogen and oxygen atoms in total. The Bertz CT molecular complexity index is 825. The number of aryl methyl sites for hydroxylation is 2. The van der Waals surface area contributed by atoms with E-state index < -0.39 is 0 Å². The van der Waals surface area contributed by atoms with Crippen LogP contribution in [-0.2, 0) is 4.79 Å². The highest BCUT2D eigenvalue weighted by Gasteiger charge is 2.25. The lowest BCUT2D eigenvalue weighted by Crippen LogP contribution is -2.51. The molecule has 3 rings (SSSR count). The number of thiophene rings is 1. The Morgan fingerprint density at radius 3 is 2.33 bits per heavy atom. The number of methoxy groups -OCH3 is 1. The Balaban J connectivity index is 1.51. The van der Waals surface area contributed by atoms with Crippen molar-refractivity contribution in [3.63, 3.8) is 0 Å². The highest BCUT2D eigenvalue weighted by molar-refractivity contribution is 7.13. The zero-order valence-electron chi connectivity index (χ0n) is 15.9. The van der Waals surface area contributed by atoms with Crippen molar-refractivity contribution in [3.8, 4) is 11.5 Å². The highest BCUT2D eigenvalue weighted by atomic mass is 32.1. The molecule has 0 aliphatic carbocycles. The van der Waals surface area contributed by atoms with Gasteiger partial charge in [-0.2, -0.15) is 0 Å². The third-order valence-electron chi connectivity index (χ3n) is 4.54. The Morgan fingerprint density at radius 1 is 1.00 bits per heavy atom. The van der Waals surface area contributed by atoms with E-state index in [0.717, 1.165) is 15.3 Å². The van der Waals surface area contributed by atoms with Crippen molar-refractivity contribution in [2.24, 2.45) is 0 Å². The molecule has 0 unspecified atom stereocenters. The lowest BCUT2D eigenvalue weighted by atomic mass is 10.2. The van der Waals surface area contributed by atoms with Gasteiger partial charge in [0, 0.05) is 31.1 Å². The minimum atomic E-state index is -0.0864. The van der Waals surface area contributed by atoms with Gasteiger partial charge in [0.1, 0.15) is 0 Å². The second-order valence-corrected chi connectivity index (χ2v) is 7.81. The predicted octanol–water partition coefficient (Wildman–Crippen LogP) is 2.74. The average molecular weight is 388 g/mol. The molecule has 0 saturated carbocycles. The van der Waals surface area contributed by atoms with Gasteiger partial charge in [0.25, 0.3) is 11.8 Å². The normalized spacial score (nSPS) is 14.2. The van der Waals surface area contributed by atoms with Crippen molar-refractivity contribution in [1.82, 2.24) is 9.80 Å². The summed E-state index contributed by atoms with van der Waals surface area (Å²) in [6.45, 7) is 6.02. The van der Waals surface area contributed by atoms with Crippen LogP contribution >= 0.6 is 11.3 Å². The molecule has 0 spiro atoms. The number of hydrogen-bond acceptors (Lipinski definition) is 5. The quantitative estimate of drug-likeness (QED) is 0.790. The minimum Gasteiger partial charge on any atom is -0.493 e. The fraction of sp³-hybridized carbons (Fsp3) is 0.400. The van der Waals surface area contributed by atoms with E-state index in [4.69, 9.17) is 9.47 Å². The van der Waals surface area contributed by atoms with E-state index in [0.29, 0.717) is 37.7 Å². The van der Waals surface area contributed by atoms with Gasteiger partial charge in [-0.1, -0.05) is 6.07 Å². The van der Waals surface area contributed by atoms with E-state index in [9.17, 15) is 9.59 Å². The number of benzene rings is 1. The van der Waals surface area contributed by atoms with Crippen LogP contribution < -0.4 is 9.47 Å². The third kappa shape index (κ3) is 4.60. The average Bonchev–Trinajstić information content (AvgIpc) is 3.12. The SMILES string of the molecule is COc1cc(C)ccc1OCC(=O)N1CCN(C(=O)c2ccc(C)s2)CC1. The zero-order chi connectivity index (χ0) is 19.4. The van der Waals surface area contributed by atoms with Crippen molar-refractivity contribution in [1.29, 1.82) is 0 Å². The number of hydrogen-bond donors (Lipinski definition) is 0. The van der Waals surface area contributed by atoms with E-state index in [1.165, 1.54) is 11.3 Å². The first kappa shape index (κ1) is 19.2. The number of carbonyl (C=O) groups is 2. The molecular weight excluding hydrogens is 364 g/mol. The van der Waals surface area contributed by atoms with Crippen LogP contribution in [-0.4, -0.2) is 61.5 Å². The topological polar surface area (TPSA) is 59.1 Å². The maximum absolute atomic E-state index is 12.5. The van der Waals surface area contributed by atoms with Crippen molar-refractivity contribution in [2.75, 3.05) is 39.9 Å². The second kappa shape index (κ2) is 8.43. The van der Waals surface area contributed by atoms with Crippen molar-refractivity contribution < 1.29 is 19.1 Å². The summed E-state index contributed by atoms with van der Waals surface area (Å²) < 4.78 is 10.9. The lowest BCUT2D eigenvalue weighted by Gasteiger charge is -2.34. The molecule has 7 heteroatoms. The maximum atomic E-state index is 12.5. The molecule has 144 valence electrons. The van der Waals surface area contributed by atoms with E-state index in [2.05, 4.69) is 0 Å². The molecule has 1 aliphatic heterocycles. The molecule has 2 amide bonds. The minimum absolute atomic E-state index is 0.0424. The van der Waals surface area contributed by atoms with Gasteiger partial charge in [0.05, 0.1) is 12.0 Å². The fourth-order valence-corrected chi connectivity index (χ4v) is 3.82. The van der Waals surface area contributed by atoms with E-state index in [-0.39, 0.29) is 18.4 Å². The first-order valence-corrected chi connectivity index (χ1v) is 9.70. The van der Waals surface area contributed by atoms with Gasteiger partial charge >= 0.3 is 0 Å². The van der Waals surface area contributed by atoms with Gasteiger partial charge in [-0.25, -0.2) is 0 Å². The molecule has 1 fully saturated rings. The monoisotopic (exact) mass is 388 g/mol. The molecule has 1 aliphatic rings. The summed E-state index contributed by atoms with van der Waals surface area (Å²) in [7, 11) is 1.58. The van der Waals surface area contributed by atoms with Gasteiger partial charge in [-0.15, -0.1) is 11.3 Å². The summed E-state index contributed by atoms with van der Waals surface area (Å²) >= 11 is 1.50. The van der Waals surface area contributed by atoms with E-state index >= 15 is 0 Å². The number of ether oxygens (including phenoxy) is 2. The number of piperazine rings is 1. The summed E-state index contributed by atoms with van der Waals surface area (Å²) in [5.41, 5.74) is 1.06. The van der Waals surface area contributed by atoms with Crippen LogP contribution in [0.25, 0.3) is 0 Å². The van der Waals surface area contributed by atoms with Crippen LogP contribution in [0, 0.1) is 13.8 Å². The van der Waals surface area contributed by atoms with Crippen LogP contribution in [0.3, 0.4) is 0 Å². The first-order valence-electron chi connectivity index (χ1n) is 8.89. The van der Waals surface area contributed by atoms with Gasteiger partial charge in [-0.05, 0) is 43.7 Å². The van der Waals surface area contributed by atoms with Crippen LogP contribution in [0.4, 0.5) is 0 Å². The summed E-state index contributed by atoms with van der Waals surface area (Å²) in [6, 6.07) is 9.41. The van der Waals surface area contributed by atoms with Crippen LogP contribution in [0.2, 0.25) is 0 Å². The van der Waals surface area contributed by atoms with Crippen LogP contribution in [0.5, 0.6) is 11.5 Å². The molecule has 0 bridgehead atoms. The number of amides is 2. The molecule has 1 aromatic heterocycles. The summed E-state index contributed by atoms with van der Waals surface area (Å²) in [4.78, 5) is 30.4. The van der Waals surface area contributed by atoms with Gasteiger partial charge < -0.3 is 19.3 Å². The second-order valence-electron chi connectivity index (χ2n) is 6.53. The Morgan fingerprint density at radius 2 is 1.70 bits per heavy atom. The fourth-order valence-electron chi connectivity index (χ4n) is 2.99. The van der Waals surface area contributed by atoms with Crippen LogP contribution in [0.1, 0.15) is 20.1 Å². The third-order valence-corrected chi connectivity index (χ3v) is 5.53. The molecule has 1 saturated heterocycles. The number of nitrogens with zero attached hydrogens (tertiary/aromatic N) is 2. The molecule has 2 aromatic rings. The summed E-state index contributed by atoms with van der Waals surface area (Å²) in [5, 5.41) is 0. The van der Waals surface area contributed by atoms with Crippen molar-refractivity contribution in [3.05, 3.63) is 45.6 Å². The molecule has 27 heavy (non-hydrogen) atoms. The predicted molar refractivity (Wildman–Crippen MR) is 105 cm³/mol. The lowest BCUT2D eigenvalue weighted by molar-refractivity contribution is -0.134.